The lowest BCUT2D eigenvalue weighted by Crippen LogP contribution is -2.27. The maximum absolute atomic E-state index is 12.6. The summed E-state index contributed by atoms with van der Waals surface area (Å²) < 4.78 is 0.106. The molecule has 2 aromatic rings. The average Bonchev–Trinajstić information content (AvgIpc) is 2.85. The van der Waals surface area contributed by atoms with Crippen LogP contribution in [-0.2, 0) is 4.79 Å². The summed E-state index contributed by atoms with van der Waals surface area (Å²) in [7, 11) is 0. The van der Waals surface area contributed by atoms with E-state index in [0.29, 0.717) is 16.3 Å². The summed E-state index contributed by atoms with van der Waals surface area (Å²) >= 11 is 9.56. The fourth-order valence-corrected chi connectivity index (χ4v) is 3.69. The van der Waals surface area contributed by atoms with Crippen molar-refractivity contribution in [3.63, 3.8) is 0 Å². The minimum absolute atomic E-state index is 0.106. The molecule has 2 aromatic carbocycles. The lowest BCUT2D eigenvalue weighted by molar-refractivity contribution is -0.386. The van der Waals surface area contributed by atoms with Gasteiger partial charge < -0.3 is 5.11 Å². The van der Waals surface area contributed by atoms with E-state index in [-0.39, 0.29) is 9.38 Å². The van der Waals surface area contributed by atoms with Crippen molar-refractivity contribution < 1.29 is 19.6 Å². The molecule has 0 aromatic heterocycles. The molecule has 3 rings (SSSR count). The second-order valence-corrected chi connectivity index (χ2v) is 7.41. The summed E-state index contributed by atoms with van der Waals surface area (Å²) in [6.07, 6.45) is 1.36. The molecule has 2 amide bonds. The molecule has 1 aliphatic heterocycles. The van der Waals surface area contributed by atoms with Gasteiger partial charge >= 0.3 is 5.69 Å². The first-order valence-corrected chi connectivity index (χ1v) is 8.97. The number of nitrogens with zero attached hydrogens (tertiary/aromatic N) is 2. The third-order valence-electron chi connectivity index (χ3n) is 3.44. The number of anilines is 1. The molecule has 1 heterocycles. The highest BCUT2D eigenvalue weighted by atomic mass is 79.9. The molecule has 0 bridgehead atoms. The number of carbonyl (C=O) groups excluding carboxylic acids is 2. The normalized spacial score (nSPS) is 15.8. The number of amides is 2. The Balaban J connectivity index is 1.98. The molecule has 1 fully saturated rings. The first-order valence-electron chi connectivity index (χ1n) is 6.98. The molecular weight excluding hydrogens is 448 g/mol. The van der Waals surface area contributed by atoms with Crippen LogP contribution in [0.4, 0.5) is 16.2 Å². The molecule has 0 unspecified atom stereocenters. The summed E-state index contributed by atoms with van der Waals surface area (Å²) in [6, 6.07) is 8.75. The van der Waals surface area contributed by atoms with Gasteiger partial charge in [0.1, 0.15) is 0 Å². The van der Waals surface area contributed by atoms with E-state index in [1.54, 1.807) is 24.3 Å². The predicted molar refractivity (Wildman–Crippen MR) is 102 cm³/mol. The van der Waals surface area contributed by atoms with Crippen molar-refractivity contribution in [3.8, 4) is 5.75 Å². The molecule has 7 nitrogen and oxygen atoms in total. The van der Waals surface area contributed by atoms with Crippen LogP contribution in [0.25, 0.3) is 6.08 Å². The lowest BCUT2D eigenvalue weighted by atomic mass is 10.1. The summed E-state index contributed by atoms with van der Waals surface area (Å²) in [4.78, 5) is 36.1. The highest BCUT2D eigenvalue weighted by molar-refractivity contribution is 9.10. The molecule has 1 aliphatic rings. The number of phenols is 1. The minimum Gasteiger partial charge on any atom is -0.501 e. The van der Waals surface area contributed by atoms with Crippen LogP contribution in [0.1, 0.15) is 5.56 Å². The number of halogens is 2. The van der Waals surface area contributed by atoms with Crippen molar-refractivity contribution >= 4 is 67.9 Å². The molecule has 1 saturated heterocycles. The summed E-state index contributed by atoms with van der Waals surface area (Å²) in [6.45, 7) is 0. The zero-order valence-corrected chi connectivity index (χ0v) is 15.8. The fraction of sp³-hybridized carbons (Fsp3) is 0. The van der Waals surface area contributed by atoms with Crippen molar-refractivity contribution in [2.24, 2.45) is 0 Å². The largest absolute Gasteiger partial charge is 0.501 e. The quantitative estimate of drug-likeness (QED) is 0.399. The fourth-order valence-electron chi connectivity index (χ4n) is 2.26. The van der Waals surface area contributed by atoms with Gasteiger partial charge in [-0.25, -0.2) is 4.90 Å². The first-order chi connectivity index (χ1) is 12.3. The van der Waals surface area contributed by atoms with E-state index >= 15 is 0 Å². The average molecular weight is 456 g/mol. The Hall–Kier alpha value is -2.36. The predicted octanol–water partition coefficient (Wildman–Crippen LogP) is 4.96. The van der Waals surface area contributed by atoms with Crippen LogP contribution in [0.2, 0.25) is 5.02 Å². The number of nitro groups is 1. The van der Waals surface area contributed by atoms with Crippen LogP contribution in [0.5, 0.6) is 5.75 Å². The minimum atomic E-state index is -0.739. The standard InChI is InChI=1S/C16H8BrClN2O5S/c17-11-5-8(6-12(14(11)21)20(24)25)7-13-15(22)19(16(23)26-13)10-3-1-9(18)2-4-10/h1-7,21H/b13-7+. The molecule has 1 N–H and O–H groups in total. The van der Waals surface area contributed by atoms with Crippen molar-refractivity contribution in [2.45, 2.75) is 0 Å². The van der Waals surface area contributed by atoms with Gasteiger partial charge in [-0.1, -0.05) is 11.6 Å². The number of aromatic hydroxyl groups is 1. The number of hydrogen-bond donors (Lipinski definition) is 1. The van der Waals surface area contributed by atoms with Crippen LogP contribution in [0, 0.1) is 10.1 Å². The monoisotopic (exact) mass is 454 g/mol. The van der Waals surface area contributed by atoms with Crippen molar-refractivity contribution in [1.82, 2.24) is 0 Å². The van der Waals surface area contributed by atoms with E-state index in [1.807, 2.05) is 0 Å². The van der Waals surface area contributed by atoms with E-state index in [0.717, 1.165) is 22.7 Å². The molecule has 0 atom stereocenters. The Morgan fingerprint density at radius 1 is 1.23 bits per heavy atom. The molecule has 132 valence electrons. The van der Waals surface area contributed by atoms with Crippen molar-refractivity contribution in [1.29, 1.82) is 0 Å². The smallest absolute Gasteiger partial charge is 0.312 e. The highest BCUT2D eigenvalue weighted by Gasteiger charge is 2.36. The van der Waals surface area contributed by atoms with E-state index < -0.39 is 27.5 Å². The second-order valence-electron chi connectivity index (χ2n) is 5.12. The topological polar surface area (TPSA) is 101 Å². The SMILES string of the molecule is O=C1S/C(=C/c2cc(Br)c(O)c([N+](=O)[O-])c2)C(=O)N1c1ccc(Cl)cc1. The van der Waals surface area contributed by atoms with Gasteiger partial charge in [-0.3, -0.25) is 19.7 Å². The maximum atomic E-state index is 12.6. The molecule has 0 saturated carbocycles. The Labute approximate surface area is 164 Å². The van der Waals surface area contributed by atoms with Gasteiger partial charge in [0, 0.05) is 11.1 Å². The molecule has 0 radical (unpaired) electrons. The maximum Gasteiger partial charge on any atom is 0.312 e. The molecule has 10 heteroatoms. The Bertz CT molecular complexity index is 977. The zero-order valence-electron chi connectivity index (χ0n) is 12.7. The number of phenolic OH excluding ortho intramolecular Hbond substituents is 1. The third kappa shape index (κ3) is 3.46. The van der Waals surface area contributed by atoms with E-state index in [2.05, 4.69) is 15.9 Å². The van der Waals surface area contributed by atoms with Crippen molar-refractivity contribution in [3.05, 3.63) is 66.5 Å². The van der Waals surface area contributed by atoms with Crippen molar-refractivity contribution in [2.75, 3.05) is 4.90 Å². The number of thioether (sulfide) groups is 1. The van der Waals surface area contributed by atoms with Gasteiger partial charge in [-0.05, 0) is 69.7 Å². The van der Waals surface area contributed by atoms with Gasteiger partial charge in [0.25, 0.3) is 11.1 Å². The van der Waals surface area contributed by atoms with Gasteiger partial charge in [0.15, 0.2) is 0 Å². The van der Waals surface area contributed by atoms with E-state index in [1.165, 1.54) is 12.1 Å². The number of hydrogen-bond acceptors (Lipinski definition) is 6. The van der Waals surface area contributed by atoms with Gasteiger partial charge in [0.2, 0.25) is 5.75 Å². The lowest BCUT2D eigenvalue weighted by Gasteiger charge is -2.12. The number of carbonyl (C=O) groups is 2. The number of imide groups is 1. The number of benzene rings is 2. The van der Waals surface area contributed by atoms with Crippen LogP contribution in [0.15, 0.2) is 45.8 Å². The molecule has 0 spiro atoms. The second kappa shape index (κ2) is 7.10. The first kappa shape index (κ1) is 18.4. The van der Waals surface area contributed by atoms with E-state index in [4.69, 9.17) is 11.6 Å². The Morgan fingerprint density at radius 2 is 1.88 bits per heavy atom. The zero-order chi connectivity index (χ0) is 19.0. The molecule has 0 aliphatic carbocycles. The summed E-state index contributed by atoms with van der Waals surface area (Å²) in [5.74, 6) is -1.06. The molecule has 26 heavy (non-hydrogen) atoms. The summed E-state index contributed by atoms with van der Waals surface area (Å²) in [5, 5.41) is 20.7. The van der Waals surface area contributed by atoms with Gasteiger partial charge in [-0.15, -0.1) is 0 Å². The van der Waals surface area contributed by atoms with Crippen LogP contribution in [-0.4, -0.2) is 21.2 Å². The molecular formula is C16H8BrClN2O5S. The third-order valence-corrected chi connectivity index (χ3v) is 5.16. The van der Waals surface area contributed by atoms with E-state index in [9.17, 15) is 24.8 Å². The van der Waals surface area contributed by atoms with Gasteiger partial charge in [-0.2, -0.15) is 0 Å². The number of nitro benzene ring substituents is 1. The number of rotatable bonds is 3. The Morgan fingerprint density at radius 3 is 2.50 bits per heavy atom. The highest BCUT2D eigenvalue weighted by Crippen LogP contribution is 2.39. The Kier molecular flexibility index (Phi) is 5.03. The van der Waals surface area contributed by atoms with Crippen LogP contribution < -0.4 is 4.90 Å². The van der Waals surface area contributed by atoms with Gasteiger partial charge in [0.05, 0.1) is 20.0 Å². The van der Waals surface area contributed by atoms with Crippen LogP contribution in [0.3, 0.4) is 0 Å². The summed E-state index contributed by atoms with van der Waals surface area (Å²) in [5.41, 5.74) is 0.156. The van der Waals surface area contributed by atoms with Crippen LogP contribution >= 0.6 is 39.3 Å².